The van der Waals surface area contributed by atoms with Crippen molar-refractivity contribution in [1.29, 1.82) is 0 Å². The van der Waals surface area contributed by atoms with Gasteiger partial charge in [0.25, 0.3) is 0 Å². The van der Waals surface area contributed by atoms with Crippen LogP contribution in [-0.4, -0.2) is 0 Å². The molecule has 0 spiro atoms. The van der Waals surface area contributed by atoms with Gasteiger partial charge in [-0.15, -0.1) is 0 Å². The molecule has 0 N–H and O–H groups in total. The Balaban J connectivity index is 1.79. The first-order valence-electron chi connectivity index (χ1n) is 9.60. The number of fused-ring (bicyclic) bond motifs is 1. The SMILES string of the molecule is Cc1cc(OCc2c(F)cccc2Cl)c2c(C)c(Cc3ccccc3)c(=O)oc2c1. The lowest BCUT2D eigenvalue weighted by Gasteiger charge is -2.15. The van der Waals surface area contributed by atoms with Gasteiger partial charge in [0.05, 0.1) is 10.4 Å². The van der Waals surface area contributed by atoms with Gasteiger partial charge in [0.1, 0.15) is 23.8 Å². The Labute approximate surface area is 178 Å². The van der Waals surface area contributed by atoms with Crippen LogP contribution in [0.3, 0.4) is 0 Å². The second-order valence-electron chi connectivity index (χ2n) is 7.28. The van der Waals surface area contributed by atoms with Gasteiger partial charge in [0.2, 0.25) is 0 Å². The minimum Gasteiger partial charge on any atom is -0.488 e. The van der Waals surface area contributed by atoms with Crippen molar-refractivity contribution in [2.75, 3.05) is 0 Å². The van der Waals surface area contributed by atoms with E-state index in [9.17, 15) is 9.18 Å². The molecule has 0 unspecified atom stereocenters. The third-order valence-electron chi connectivity index (χ3n) is 5.14. The van der Waals surface area contributed by atoms with E-state index < -0.39 is 5.82 Å². The van der Waals surface area contributed by atoms with Crippen LogP contribution < -0.4 is 10.4 Å². The van der Waals surface area contributed by atoms with Crippen molar-refractivity contribution in [3.05, 3.63) is 110 Å². The number of aryl methyl sites for hydroxylation is 2. The fourth-order valence-electron chi connectivity index (χ4n) is 3.58. The van der Waals surface area contributed by atoms with Crippen LogP contribution in [0.25, 0.3) is 11.0 Å². The van der Waals surface area contributed by atoms with Gasteiger partial charge in [0.15, 0.2) is 0 Å². The maximum absolute atomic E-state index is 14.2. The molecule has 0 bridgehead atoms. The van der Waals surface area contributed by atoms with E-state index in [0.29, 0.717) is 33.7 Å². The van der Waals surface area contributed by atoms with E-state index in [2.05, 4.69) is 0 Å². The monoisotopic (exact) mass is 422 g/mol. The maximum atomic E-state index is 14.2. The van der Waals surface area contributed by atoms with Gasteiger partial charge in [-0.3, -0.25) is 0 Å². The van der Waals surface area contributed by atoms with E-state index in [-0.39, 0.29) is 17.8 Å². The predicted octanol–water partition coefficient (Wildman–Crippen LogP) is 6.37. The van der Waals surface area contributed by atoms with Crippen molar-refractivity contribution < 1.29 is 13.5 Å². The summed E-state index contributed by atoms with van der Waals surface area (Å²) in [6, 6.07) is 17.9. The molecule has 0 fully saturated rings. The number of rotatable bonds is 5. The number of ether oxygens (including phenoxy) is 1. The first-order chi connectivity index (χ1) is 14.4. The molecule has 0 aliphatic rings. The lowest BCUT2D eigenvalue weighted by Crippen LogP contribution is -2.11. The van der Waals surface area contributed by atoms with Gasteiger partial charge in [0, 0.05) is 17.5 Å². The second kappa shape index (κ2) is 8.33. The molecule has 0 atom stereocenters. The van der Waals surface area contributed by atoms with Gasteiger partial charge in [-0.1, -0.05) is 48.0 Å². The third-order valence-corrected chi connectivity index (χ3v) is 5.50. The average Bonchev–Trinajstić information content (AvgIpc) is 2.71. The zero-order chi connectivity index (χ0) is 21.3. The summed E-state index contributed by atoms with van der Waals surface area (Å²) in [5.74, 6) is 0.104. The van der Waals surface area contributed by atoms with Crippen molar-refractivity contribution >= 4 is 22.6 Å². The lowest BCUT2D eigenvalue weighted by atomic mass is 9.98. The molecule has 1 heterocycles. The number of hydrogen-bond donors (Lipinski definition) is 0. The largest absolute Gasteiger partial charge is 0.488 e. The third kappa shape index (κ3) is 3.96. The topological polar surface area (TPSA) is 39.4 Å². The minimum atomic E-state index is -0.424. The highest BCUT2D eigenvalue weighted by Gasteiger charge is 2.17. The number of hydrogen-bond acceptors (Lipinski definition) is 3. The molecule has 4 aromatic rings. The molecule has 30 heavy (non-hydrogen) atoms. The molecule has 0 radical (unpaired) electrons. The zero-order valence-electron chi connectivity index (χ0n) is 16.7. The molecule has 3 aromatic carbocycles. The lowest BCUT2D eigenvalue weighted by molar-refractivity contribution is 0.303. The molecular weight excluding hydrogens is 403 g/mol. The fourth-order valence-corrected chi connectivity index (χ4v) is 3.79. The van der Waals surface area contributed by atoms with Gasteiger partial charge >= 0.3 is 5.63 Å². The fraction of sp³-hybridized carbons (Fsp3) is 0.160. The van der Waals surface area contributed by atoms with E-state index in [1.165, 1.54) is 6.07 Å². The second-order valence-corrected chi connectivity index (χ2v) is 7.69. The minimum absolute atomic E-state index is 0.0311. The van der Waals surface area contributed by atoms with Crippen molar-refractivity contribution in [1.82, 2.24) is 0 Å². The van der Waals surface area contributed by atoms with Crippen molar-refractivity contribution in [3.8, 4) is 5.75 Å². The van der Waals surface area contributed by atoms with E-state index >= 15 is 0 Å². The molecule has 152 valence electrons. The van der Waals surface area contributed by atoms with Crippen LogP contribution in [0.5, 0.6) is 5.75 Å². The zero-order valence-corrected chi connectivity index (χ0v) is 17.4. The van der Waals surface area contributed by atoms with Crippen LogP contribution in [0, 0.1) is 19.7 Å². The van der Waals surface area contributed by atoms with Crippen molar-refractivity contribution in [2.24, 2.45) is 0 Å². The van der Waals surface area contributed by atoms with E-state index in [0.717, 1.165) is 16.7 Å². The normalized spacial score (nSPS) is 11.1. The molecule has 0 saturated carbocycles. The maximum Gasteiger partial charge on any atom is 0.340 e. The van der Waals surface area contributed by atoms with Crippen LogP contribution in [0.1, 0.15) is 27.8 Å². The molecule has 0 amide bonds. The Morgan fingerprint density at radius 3 is 2.50 bits per heavy atom. The van der Waals surface area contributed by atoms with Gasteiger partial charge in [-0.25, -0.2) is 9.18 Å². The molecule has 4 rings (SSSR count). The summed E-state index contributed by atoms with van der Waals surface area (Å²) in [6.45, 7) is 3.74. The Morgan fingerprint density at radius 2 is 1.77 bits per heavy atom. The smallest absolute Gasteiger partial charge is 0.340 e. The average molecular weight is 423 g/mol. The summed E-state index contributed by atoms with van der Waals surface area (Å²) in [5.41, 5.74) is 3.62. The van der Waals surface area contributed by atoms with E-state index in [1.54, 1.807) is 18.2 Å². The van der Waals surface area contributed by atoms with Gasteiger partial charge in [-0.2, -0.15) is 0 Å². The summed E-state index contributed by atoms with van der Waals surface area (Å²) in [5, 5.41) is 1.01. The van der Waals surface area contributed by atoms with Crippen molar-refractivity contribution in [3.63, 3.8) is 0 Å². The van der Waals surface area contributed by atoms with Crippen LogP contribution in [0.2, 0.25) is 5.02 Å². The van der Waals surface area contributed by atoms with Crippen LogP contribution >= 0.6 is 11.6 Å². The molecule has 1 aromatic heterocycles. The quantitative estimate of drug-likeness (QED) is 0.351. The first kappa shape index (κ1) is 20.2. The Hall–Kier alpha value is -3.11. The highest BCUT2D eigenvalue weighted by atomic mass is 35.5. The Bertz CT molecular complexity index is 1260. The molecular formula is C25H20ClFO3. The van der Waals surface area contributed by atoms with Gasteiger partial charge in [-0.05, 0) is 54.8 Å². The summed E-state index contributed by atoms with van der Waals surface area (Å²) in [7, 11) is 0. The number of halogens is 2. The van der Waals surface area contributed by atoms with Crippen LogP contribution in [0.4, 0.5) is 4.39 Å². The molecule has 0 aliphatic carbocycles. The summed E-state index contributed by atoms with van der Waals surface area (Å²) in [4.78, 5) is 12.7. The molecule has 0 saturated heterocycles. The highest BCUT2D eigenvalue weighted by Crippen LogP contribution is 2.33. The Morgan fingerprint density at radius 1 is 1.00 bits per heavy atom. The first-order valence-corrected chi connectivity index (χ1v) is 9.98. The van der Waals surface area contributed by atoms with E-state index in [4.69, 9.17) is 20.8 Å². The Kier molecular flexibility index (Phi) is 5.60. The van der Waals surface area contributed by atoms with Crippen molar-refractivity contribution in [2.45, 2.75) is 26.9 Å². The van der Waals surface area contributed by atoms with Gasteiger partial charge < -0.3 is 9.15 Å². The van der Waals surface area contributed by atoms with Crippen LogP contribution in [-0.2, 0) is 13.0 Å². The summed E-state index contributed by atoms with van der Waals surface area (Å²) in [6.07, 6.45) is 0.456. The highest BCUT2D eigenvalue weighted by molar-refractivity contribution is 6.31. The molecule has 3 nitrogen and oxygen atoms in total. The van der Waals surface area contributed by atoms with Crippen LogP contribution in [0.15, 0.2) is 69.9 Å². The molecule has 0 aliphatic heterocycles. The number of benzene rings is 3. The van der Waals surface area contributed by atoms with E-state index in [1.807, 2.05) is 50.2 Å². The summed E-state index contributed by atoms with van der Waals surface area (Å²) >= 11 is 6.13. The summed E-state index contributed by atoms with van der Waals surface area (Å²) < 4.78 is 25.8. The molecule has 5 heteroatoms. The standard InChI is InChI=1S/C25H20ClFO3/c1-15-11-22(29-14-19-20(26)9-6-10-21(19)27)24-16(2)18(25(28)30-23(24)12-15)13-17-7-4-3-5-8-17/h3-12H,13-14H2,1-2H3. The predicted molar refractivity (Wildman–Crippen MR) is 117 cm³/mol.